The van der Waals surface area contributed by atoms with Gasteiger partial charge in [-0.05, 0) is 0 Å². The van der Waals surface area contributed by atoms with Crippen molar-refractivity contribution in [3.63, 3.8) is 0 Å². The van der Waals surface area contributed by atoms with Crippen LogP contribution >= 0.6 is 12.2 Å². The fourth-order valence-corrected chi connectivity index (χ4v) is 0.427. The summed E-state index contributed by atoms with van der Waals surface area (Å²) in [5.74, 6) is 0.125. The maximum atomic E-state index is 5.14. The normalized spacial score (nSPS) is 7.80. The molecule has 1 heterocycles. The van der Waals surface area contributed by atoms with Crippen LogP contribution in [0.4, 0.5) is 17.8 Å². The molecule has 78 valence electrons. The molecule has 0 saturated heterocycles. The van der Waals surface area contributed by atoms with Crippen molar-refractivity contribution in [1.29, 1.82) is 0 Å². The average Bonchev–Trinajstić information content (AvgIpc) is 2.02. The summed E-state index contributed by atoms with van der Waals surface area (Å²) < 4.78 is 0.421. The first-order valence-corrected chi connectivity index (χ1v) is 4.18. The van der Waals surface area contributed by atoms with Gasteiger partial charge in [0.1, 0.15) is 0 Å². The van der Waals surface area contributed by atoms with Gasteiger partial charge >= 0.3 is 29.6 Å². The van der Waals surface area contributed by atoms with Crippen LogP contribution in [0.15, 0.2) is 0 Å². The number of thiocarbonyl (C=S) groups is 1. The monoisotopic (exact) mass is 255 g/mol. The Balaban J connectivity index is 0. The molecule has 0 aromatic carbocycles. The smallest absolute Gasteiger partial charge is 0.412 e. The number of nitrogens with one attached hydrogen (secondary N) is 1. The number of rotatable bonds is 0. The third-order valence-electron chi connectivity index (χ3n) is 0.891. The second kappa shape index (κ2) is 8.80. The fourth-order valence-electron chi connectivity index (χ4n) is 0.427. The van der Waals surface area contributed by atoms with Crippen molar-refractivity contribution >= 4 is 47.0 Å². The molecule has 0 bridgehead atoms. The van der Waals surface area contributed by atoms with Gasteiger partial charge in [0.05, 0.1) is 0 Å². The van der Waals surface area contributed by atoms with Crippen LogP contribution in [0.25, 0.3) is 0 Å². The Bertz CT molecular complexity index is 270. The predicted octanol–water partition coefficient (Wildman–Crippen LogP) is -4.34. The summed E-state index contributed by atoms with van der Waals surface area (Å²) in [6.45, 7) is 0. The molecule has 0 fully saturated rings. The van der Waals surface area contributed by atoms with Gasteiger partial charge < -0.3 is 47.4 Å². The topological polar surface area (TPSA) is 129 Å². The molecule has 0 aliphatic heterocycles. The number of hydrogen-bond acceptors (Lipinski definition) is 8. The maximum absolute atomic E-state index is 5.14. The molecule has 0 aliphatic rings. The van der Waals surface area contributed by atoms with Gasteiger partial charge in [-0.1, -0.05) is 4.32 Å². The molecule has 1 aromatic heterocycles. The summed E-state index contributed by atoms with van der Waals surface area (Å²) in [6.07, 6.45) is 0. The second-order valence-corrected chi connectivity index (χ2v) is 3.02. The summed E-state index contributed by atoms with van der Waals surface area (Å²) >= 11 is 8.80. The van der Waals surface area contributed by atoms with Crippen LogP contribution in [0, 0.1) is 0 Å². The van der Waals surface area contributed by atoms with E-state index in [1.54, 1.807) is 7.05 Å². The number of nitrogen functional groups attached to an aromatic ring is 3. The van der Waals surface area contributed by atoms with Crippen molar-refractivity contribution in [3.8, 4) is 0 Å². The summed E-state index contributed by atoms with van der Waals surface area (Å²) in [5, 5.41) is 2.57. The SMILES string of the molecule is CNC(=S)[S-].Nc1nc(N)nc(N)n1.[Na+]. The van der Waals surface area contributed by atoms with Crippen molar-refractivity contribution in [2.45, 2.75) is 0 Å². The van der Waals surface area contributed by atoms with Crippen molar-refractivity contribution in [2.75, 3.05) is 24.2 Å². The summed E-state index contributed by atoms with van der Waals surface area (Å²) in [6, 6.07) is 0. The molecule has 15 heavy (non-hydrogen) atoms. The van der Waals surface area contributed by atoms with Gasteiger partial charge in [-0.3, -0.25) is 0 Å². The molecule has 0 amide bonds. The number of hydrogen-bond donors (Lipinski definition) is 4. The summed E-state index contributed by atoms with van der Waals surface area (Å²) in [4.78, 5) is 10.5. The zero-order valence-electron chi connectivity index (χ0n) is 8.39. The molecule has 10 heteroatoms. The van der Waals surface area contributed by atoms with Crippen LogP contribution in [-0.2, 0) is 12.6 Å². The van der Waals surface area contributed by atoms with Crippen LogP contribution in [0.5, 0.6) is 0 Å². The Kier molecular flexibility index (Phi) is 9.93. The maximum Gasteiger partial charge on any atom is 1.00 e. The van der Waals surface area contributed by atoms with Crippen LogP contribution in [-0.4, -0.2) is 26.3 Å². The van der Waals surface area contributed by atoms with Gasteiger partial charge in [-0.25, -0.2) is 0 Å². The molecular weight excluding hydrogens is 245 g/mol. The number of nitrogens with two attached hydrogens (primary N) is 3. The van der Waals surface area contributed by atoms with E-state index in [2.05, 4.69) is 45.1 Å². The summed E-state index contributed by atoms with van der Waals surface area (Å²) in [5.41, 5.74) is 15.4. The zero-order valence-corrected chi connectivity index (χ0v) is 12.0. The first kappa shape index (κ1) is 16.9. The van der Waals surface area contributed by atoms with Crippen LogP contribution in [0.1, 0.15) is 0 Å². The standard InChI is InChI=1S/C3H6N6.C2H5NS2.Na/c4-1-7-2(5)9-3(6)8-1;1-3-2(4)5;/h(H6,4,5,6,7,8,9);1H3,(H2,3,4,5);/q;;+1/p-1. The zero-order chi connectivity index (χ0) is 11.1. The quantitative estimate of drug-likeness (QED) is 0.206. The van der Waals surface area contributed by atoms with E-state index in [1.807, 2.05) is 0 Å². The first-order chi connectivity index (χ1) is 6.45. The Morgan fingerprint density at radius 1 is 1.13 bits per heavy atom. The van der Waals surface area contributed by atoms with Gasteiger partial charge in [0.2, 0.25) is 17.8 Å². The van der Waals surface area contributed by atoms with Gasteiger partial charge in [0.15, 0.2) is 0 Å². The number of nitrogens with zero attached hydrogens (tertiary/aromatic N) is 3. The van der Waals surface area contributed by atoms with Gasteiger partial charge in [0, 0.05) is 7.05 Å². The molecule has 0 unspecified atom stereocenters. The molecule has 0 spiro atoms. The predicted molar refractivity (Wildman–Crippen MR) is 62.1 cm³/mol. The van der Waals surface area contributed by atoms with Crippen molar-refractivity contribution in [3.05, 3.63) is 0 Å². The van der Waals surface area contributed by atoms with Crippen LogP contribution in [0.3, 0.4) is 0 Å². The van der Waals surface area contributed by atoms with Gasteiger partial charge in [-0.15, -0.1) is 0 Å². The molecule has 7 nitrogen and oxygen atoms in total. The van der Waals surface area contributed by atoms with Crippen LogP contribution < -0.4 is 52.1 Å². The average molecular weight is 255 g/mol. The third-order valence-corrected chi connectivity index (χ3v) is 1.30. The number of anilines is 3. The molecule has 0 radical (unpaired) electrons. The Morgan fingerprint density at radius 3 is 1.47 bits per heavy atom. The minimum absolute atomic E-state index is 0. The Labute approximate surface area is 120 Å². The minimum Gasteiger partial charge on any atom is -0.412 e. The van der Waals surface area contributed by atoms with E-state index in [-0.39, 0.29) is 47.4 Å². The van der Waals surface area contributed by atoms with E-state index in [0.717, 1.165) is 0 Å². The summed E-state index contributed by atoms with van der Waals surface area (Å²) in [7, 11) is 1.70. The van der Waals surface area contributed by atoms with E-state index in [0.29, 0.717) is 4.32 Å². The van der Waals surface area contributed by atoms with Gasteiger partial charge in [-0.2, -0.15) is 15.0 Å². The second-order valence-electron chi connectivity index (χ2n) is 1.95. The largest absolute Gasteiger partial charge is 1.00 e. The van der Waals surface area contributed by atoms with Crippen molar-refractivity contribution < 1.29 is 29.6 Å². The first-order valence-electron chi connectivity index (χ1n) is 3.37. The van der Waals surface area contributed by atoms with Crippen LogP contribution in [0.2, 0.25) is 0 Å². The molecule has 0 saturated carbocycles. The third kappa shape index (κ3) is 9.82. The molecule has 1 rings (SSSR count). The molecule has 0 aliphatic carbocycles. The molecular formula is C5H10N7NaS2. The number of aromatic nitrogens is 3. The molecule has 0 atom stereocenters. The van der Waals surface area contributed by atoms with E-state index >= 15 is 0 Å². The Morgan fingerprint density at radius 2 is 1.33 bits per heavy atom. The van der Waals surface area contributed by atoms with Crippen molar-refractivity contribution in [1.82, 2.24) is 20.3 Å². The fraction of sp³-hybridized carbons (Fsp3) is 0.200. The van der Waals surface area contributed by atoms with E-state index in [4.69, 9.17) is 17.2 Å². The van der Waals surface area contributed by atoms with Crippen molar-refractivity contribution in [2.24, 2.45) is 0 Å². The minimum atomic E-state index is 0. The van der Waals surface area contributed by atoms with E-state index in [1.165, 1.54) is 0 Å². The van der Waals surface area contributed by atoms with Gasteiger partial charge in [0.25, 0.3) is 0 Å². The molecule has 7 N–H and O–H groups in total. The van der Waals surface area contributed by atoms with E-state index < -0.39 is 0 Å². The molecule has 1 aromatic rings. The Hall–Kier alpha value is -0.480. The van der Waals surface area contributed by atoms with E-state index in [9.17, 15) is 0 Å².